The summed E-state index contributed by atoms with van der Waals surface area (Å²) < 4.78 is 1.86. The van der Waals surface area contributed by atoms with Crippen LogP contribution in [0.5, 0.6) is 0 Å². The molecule has 1 atom stereocenters. The number of fused-ring (bicyclic) bond motifs is 1. The Labute approximate surface area is 174 Å². The van der Waals surface area contributed by atoms with Crippen molar-refractivity contribution >= 4 is 28.3 Å². The smallest absolute Gasteiger partial charge is 0.252 e. The summed E-state index contributed by atoms with van der Waals surface area (Å²) in [5.74, 6) is -0.0725. The van der Waals surface area contributed by atoms with Crippen molar-refractivity contribution in [2.45, 2.75) is 39.3 Å². The molecule has 1 N–H and O–H groups in total. The molecule has 4 rings (SSSR count). The summed E-state index contributed by atoms with van der Waals surface area (Å²) >= 11 is 1.69. The van der Waals surface area contributed by atoms with Gasteiger partial charge in [0.2, 0.25) is 0 Å². The van der Waals surface area contributed by atoms with Gasteiger partial charge in [-0.25, -0.2) is 9.67 Å². The second-order valence-corrected chi connectivity index (χ2v) is 8.36. The number of benzene rings is 1. The van der Waals surface area contributed by atoms with Crippen molar-refractivity contribution in [1.29, 1.82) is 0 Å². The van der Waals surface area contributed by atoms with E-state index in [1.54, 1.807) is 17.5 Å². The van der Waals surface area contributed by atoms with Gasteiger partial charge in [-0.2, -0.15) is 5.10 Å². The van der Waals surface area contributed by atoms with Crippen LogP contribution in [0.4, 0.5) is 0 Å². The molecule has 0 aliphatic heterocycles. The van der Waals surface area contributed by atoms with E-state index >= 15 is 0 Å². The lowest BCUT2D eigenvalue weighted by molar-refractivity contribution is 0.0940. The molecule has 0 saturated heterocycles. The van der Waals surface area contributed by atoms with Crippen LogP contribution in [0.3, 0.4) is 0 Å². The number of aromatic nitrogens is 3. The Morgan fingerprint density at radius 2 is 2.03 bits per heavy atom. The number of nitrogens with zero attached hydrogens (tertiary/aromatic N) is 3. The first-order chi connectivity index (χ1) is 14.1. The maximum atomic E-state index is 13.0. The summed E-state index contributed by atoms with van der Waals surface area (Å²) in [6.45, 7) is 4.62. The molecule has 0 aliphatic carbocycles. The zero-order valence-corrected chi connectivity index (χ0v) is 17.4. The van der Waals surface area contributed by atoms with Gasteiger partial charge in [-0.15, -0.1) is 11.3 Å². The zero-order valence-electron chi connectivity index (χ0n) is 16.6. The van der Waals surface area contributed by atoms with Crippen molar-refractivity contribution < 1.29 is 4.79 Å². The van der Waals surface area contributed by atoms with E-state index in [-0.39, 0.29) is 11.9 Å². The van der Waals surface area contributed by atoms with Gasteiger partial charge in [0.1, 0.15) is 0 Å². The van der Waals surface area contributed by atoms with Crippen molar-refractivity contribution in [3.8, 4) is 0 Å². The van der Waals surface area contributed by atoms with Gasteiger partial charge in [-0.1, -0.05) is 36.4 Å². The Balaban J connectivity index is 1.50. The molecular formula is C23H24N4OS. The SMILES string of the molecule is Cc1cc(C(=O)NC(C)CCc2ccccc2)c2cnn(Cc3cccs3)c2n1. The third-order valence-corrected chi connectivity index (χ3v) is 5.82. The Kier molecular flexibility index (Phi) is 5.71. The minimum atomic E-state index is -0.0725. The number of amides is 1. The lowest BCUT2D eigenvalue weighted by Gasteiger charge is -2.15. The highest BCUT2D eigenvalue weighted by molar-refractivity contribution is 7.09. The number of aryl methyl sites for hydroxylation is 2. The van der Waals surface area contributed by atoms with Gasteiger partial charge in [0.15, 0.2) is 5.65 Å². The lowest BCUT2D eigenvalue weighted by atomic mass is 10.1. The monoisotopic (exact) mass is 404 g/mol. The molecule has 3 aromatic heterocycles. The molecule has 4 aromatic rings. The Morgan fingerprint density at radius 1 is 1.21 bits per heavy atom. The van der Waals surface area contributed by atoms with Crippen molar-refractivity contribution in [2.24, 2.45) is 0 Å². The maximum absolute atomic E-state index is 13.0. The fraction of sp³-hybridized carbons (Fsp3) is 0.261. The number of thiophene rings is 1. The number of hydrogen-bond donors (Lipinski definition) is 1. The molecule has 0 aliphatic rings. The van der Waals surface area contributed by atoms with Gasteiger partial charge in [0.05, 0.1) is 23.7 Å². The third kappa shape index (κ3) is 4.54. The quantitative estimate of drug-likeness (QED) is 0.490. The predicted molar refractivity (Wildman–Crippen MR) is 117 cm³/mol. The first kappa shape index (κ1) is 19.3. The molecule has 1 aromatic carbocycles. The molecule has 3 heterocycles. The van der Waals surface area contributed by atoms with Crippen LogP contribution in [0, 0.1) is 6.92 Å². The average molecular weight is 405 g/mol. The highest BCUT2D eigenvalue weighted by Gasteiger charge is 2.17. The maximum Gasteiger partial charge on any atom is 0.252 e. The zero-order chi connectivity index (χ0) is 20.2. The molecule has 5 nitrogen and oxygen atoms in total. The second kappa shape index (κ2) is 8.57. The van der Waals surface area contributed by atoms with Crippen molar-refractivity contribution in [1.82, 2.24) is 20.1 Å². The van der Waals surface area contributed by atoms with Crippen molar-refractivity contribution in [3.05, 3.63) is 81.8 Å². The highest BCUT2D eigenvalue weighted by atomic mass is 32.1. The Bertz CT molecular complexity index is 1100. The van der Waals surface area contributed by atoms with Crippen LogP contribution in [-0.4, -0.2) is 26.7 Å². The van der Waals surface area contributed by atoms with E-state index < -0.39 is 0 Å². The summed E-state index contributed by atoms with van der Waals surface area (Å²) in [5.41, 5.74) is 3.48. The van der Waals surface area contributed by atoms with Gasteiger partial charge in [-0.3, -0.25) is 4.79 Å². The fourth-order valence-corrected chi connectivity index (χ4v) is 4.11. The molecule has 0 radical (unpaired) electrons. The Hall–Kier alpha value is -2.99. The third-order valence-electron chi connectivity index (χ3n) is 4.95. The molecule has 1 unspecified atom stereocenters. The number of hydrogen-bond acceptors (Lipinski definition) is 4. The van der Waals surface area contributed by atoms with E-state index in [4.69, 9.17) is 0 Å². The lowest BCUT2D eigenvalue weighted by Crippen LogP contribution is -2.33. The van der Waals surface area contributed by atoms with Crippen LogP contribution < -0.4 is 5.32 Å². The van der Waals surface area contributed by atoms with Gasteiger partial charge in [-0.05, 0) is 49.8 Å². The topological polar surface area (TPSA) is 59.8 Å². The highest BCUT2D eigenvalue weighted by Crippen LogP contribution is 2.21. The summed E-state index contributed by atoms with van der Waals surface area (Å²) in [5, 5.41) is 10.5. The molecule has 6 heteroatoms. The van der Waals surface area contributed by atoms with E-state index in [1.807, 2.05) is 48.9 Å². The second-order valence-electron chi connectivity index (χ2n) is 7.33. The summed E-state index contributed by atoms with van der Waals surface area (Å²) in [6, 6.07) is 16.4. The summed E-state index contributed by atoms with van der Waals surface area (Å²) in [4.78, 5) is 18.8. The van der Waals surface area contributed by atoms with E-state index in [2.05, 4.69) is 39.0 Å². The average Bonchev–Trinajstić information content (AvgIpc) is 3.37. The minimum absolute atomic E-state index is 0.0725. The summed E-state index contributed by atoms with van der Waals surface area (Å²) in [7, 11) is 0. The normalized spacial score (nSPS) is 12.2. The fourth-order valence-electron chi connectivity index (χ4n) is 3.43. The van der Waals surface area contributed by atoms with Gasteiger partial charge < -0.3 is 5.32 Å². The number of carbonyl (C=O) groups is 1. The number of rotatable bonds is 7. The van der Waals surface area contributed by atoms with Gasteiger partial charge in [0, 0.05) is 16.6 Å². The van der Waals surface area contributed by atoms with E-state index in [0.717, 1.165) is 29.6 Å². The molecular weight excluding hydrogens is 380 g/mol. The molecule has 1 amide bonds. The molecule has 29 heavy (non-hydrogen) atoms. The Morgan fingerprint density at radius 3 is 2.79 bits per heavy atom. The molecule has 0 saturated carbocycles. The van der Waals surface area contributed by atoms with Crippen molar-refractivity contribution in [3.63, 3.8) is 0 Å². The van der Waals surface area contributed by atoms with E-state index in [9.17, 15) is 4.79 Å². The standard InChI is InChI=1S/C23H24N4OS/c1-16(10-11-18-7-4-3-5-8-18)26-23(28)20-13-17(2)25-22-21(20)14-24-27(22)15-19-9-6-12-29-19/h3-9,12-14,16H,10-11,15H2,1-2H3,(H,26,28). The van der Waals surface area contributed by atoms with E-state index in [1.165, 1.54) is 10.4 Å². The molecule has 0 fully saturated rings. The molecule has 0 spiro atoms. The number of pyridine rings is 1. The first-order valence-corrected chi connectivity index (χ1v) is 10.7. The largest absolute Gasteiger partial charge is 0.350 e. The van der Waals surface area contributed by atoms with Crippen LogP contribution in [0.25, 0.3) is 11.0 Å². The van der Waals surface area contributed by atoms with Crippen LogP contribution in [0.15, 0.2) is 60.1 Å². The number of carbonyl (C=O) groups excluding carboxylic acids is 1. The molecule has 0 bridgehead atoms. The predicted octanol–water partition coefficient (Wildman–Crippen LogP) is 4.60. The van der Waals surface area contributed by atoms with Gasteiger partial charge in [0.25, 0.3) is 5.91 Å². The minimum Gasteiger partial charge on any atom is -0.350 e. The van der Waals surface area contributed by atoms with E-state index in [0.29, 0.717) is 12.1 Å². The van der Waals surface area contributed by atoms with Gasteiger partial charge >= 0.3 is 0 Å². The van der Waals surface area contributed by atoms with Crippen LogP contribution in [-0.2, 0) is 13.0 Å². The van der Waals surface area contributed by atoms with Crippen molar-refractivity contribution in [2.75, 3.05) is 0 Å². The van der Waals surface area contributed by atoms with Crippen LogP contribution in [0.1, 0.15) is 39.8 Å². The summed E-state index contributed by atoms with van der Waals surface area (Å²) in [6.07, 6.45) is 3.57. The first-order valence-electron chi connectivity index (χ1n) is 9.80. The van der Waals surface area contributed by atoms with Crippen LogP contribution >= 0.6 is 11.3 Å². The number of nitrogens with one attached hydrogen (secondary N) is 1. The van der Waals surface area contributed by atoms with Crippen LogP contribution in [0.2, 0.25) is 0 Å². The molecule has 148 valence electrons.